The Kier molecular flexibility index (Phi) is 3.39. The van der Waals surface area contributed by atoms with Crippen molar-refractivity contribution in [3.8, 4) is 6.07 Å². The van der Waals surface area contributed by atoms with Gasteiger partial charge in [0.25, 0.3) is 0 Å². The molecule has 4 heteroatoms. The average Bonchev–Trinajstić information content (AvgIpc) is 2.46. The van der Waals surface area contributed by atoms with E-state index in [2.05, 4.69) is 9.80 Å². The van der Waals surface area contributed by atoms with Crippen LogP contribution in [0.2, 0.25) is 0 Å². The Morgan fingerprint density at radius 3 is 2.89 bits per heavy atom. The molecule has 0 radical (unpaired) electrons. The minimum atomic E-state index is -0.411. The molecule has 100 valence electrons. The summed E-state index contributed by atoms with van der Waals surface area (Å²) in [5.41, 5.74) is 1.03. The molecule has 0 spiro atoms. The van der Waals surface area contributed by atoms with E-state index in [-0.39, 0.29) is 5.56 Å². The van der Waals surface area contributed by atoms with E-state index in [0.29, 0.717) is 6.04 Å². The number of hydrogen-bond acceptors (Lipinski definition) is 3. The SMILES string of the molecule is N#Cc1ccc(N2CCN3CCCCC3C2)cc1F. The molecular weight excluding hydrogens is 241 g/mol. The fraction of sp³-hybridized carbons (Fsp3) is 0.533. The molecule has 1 atom stereocenters. The Hall–Kier alpha value is -1.60. The van der Waals surface area contributed by atoms with Crippen molar-refractivity contribution in [1.29, 1.82) is 5.26 Å². The lowest BCUT2D eigenvalue weighted by Crippen LogP contribution is -2.54. The lowest BCUT2D eigenvalue weighted by Gasteiger charge is -2.44. The van der Waals surface area contributed by atoms with E-state index in [1.54, 1.807) is 6.07 Å². The van der Waals surface area contributed by atoms with Gasteiger partial charge in [-0.05, 0) is 37.6 Å². The van der Waals surface area contributed by atoms with Crippen LogP contribution in [0.25, 0.3) is 0 Å². The zero-order chi connectivity index (χ0) is 13.2. The van der Waals surface area contributed by atoms with E-state index >= 15 is 0 Å². The van der Waals surface area contributed by atoms with Crippen molar-refractivity contribution in [2.75, 3.05) is 31.1 Å². The van der Waals surface area contributed by atoms with Crippen LogP contribution < -0.4 is 4.90 Å². The standard InChI is InChI=1S/C15H18FN3/c16-15-9-13(5-4-12(15)10-17)19-8-7-18-6-2-1-3-14(18)11-19/h4-5,9,14H,1-3,6-8,11H2. The van der Waals surface area contributed by atoms with Crippen LogP contribution in [0, 0.1) is 17.1 Å². The lowest BCUT2D eigenvalue weighted by atomic mass is 9.99. The van der Waals surface area contributed by atoms with Gasteiger partial charge in [-0.1, -0.05) is 6.42 Å². The maximum atomic E-state index is 13.7. The zero-order valence-electron chi connectivity index (χ0n) is 11.0. The van der Waals surface area contributed by atoms with Gasteiger partial charge in [-0.3, -0.25) is 4.90 Å². The van der Waals surface area contributed by atoms with Crippen LogP contribution >= 0.6 is 0 Å². The number of rotatable bonds is 1. The van der Waals surface area contributed by atoms with Crippen LogP contribution in [0.3, 0.4) is 0 Å². The van der Waals surface area contributed by atoms with Gasteiger partial charge in [0.2, 0.25) is 0 Å². The molecule has 3 rings (SSSR count). The summed E-state index contributed by atoms with van der Waals surface area (Å²) < 4.78 is 13.7. The molecule has 2 aliphatic rings. The van der Waals surface area contributed by atoms with Gasteiger partial charge in [-0.15, -0.1) is 0 Å². The van der Waals surface area contributed by atoms with E-state index in [4.69, 9.17) is 5.26 Å². The number of piperazine rings is 1. The number of halogens is 1. The zero-order valence-corrected chi connectivity index (χ0v) is 11.0. The van der Waals surface area contributed by atoms with Gasteiger partial charge in [-0.2, -0.15) is 5.26 Å². The minimum Gasteiger partial charge on any atom is -0.369 e. The van der Waals surface area contributed by atoms with Crippen molar-refractivity contribution in [1.82, 2.24) is 4.90 Å². The molecule has 2 fully saturated rings. The highest BCUT2D eigenvalue weighted by molar-refractivity contribution is 5.51. The van der Waals surface area contributed by atoms with Crippen LogP contribution in [-0.4, -0.2) is 37.1 Å². The molecule has 2 heterocycles. The molecule has 0 saturated carbocycles. The Morgan fingerprint density at radius 2 is 2.11 bits per heavy atom. The maximum Gasteiger partial charge on any atom is 0.143 e. The summed E-state index contributed by atoms with van der Waals surface area (Å²) in [6.07, 6.45) is 3.86. The second kappa shape index (κ2) is 5.18. The number of piperidine rings is 1. The van der Waals surface area contributed by atoms with Crippen LogP contribution in [0.15, 0.2) is 18.2 Å². The topological polar surface area (TPSA) is 30.3 Å². The lowest BCUT2D eigenvalue weighted by molar-refractivity contribution is 0.133. The van der Waals surface area contributed by atoms with E-state index in [0.717, 1.165) is 25.3 Å². The summed E-state index contributed by atoms with van der Waals surface area (Å²) in [6, 6.07) is 7.42. The smallest absolute Gasteiger partial charge is 0.143 e. The third-order valence-electron chi connectivity index (χ3n) is 4.28. The third kappa shape index (κ3) is 2.43. The van der Waals surface area contributed by atoms with Crippen molar-refractivity contribution >= 4 is 5.69 Å². The molecule has 19 heavy (non-hydrogen) atoms. The molecule has 0 aromatic heterocycles. The number of nitriles is 1. The monoisotopic (exact) mass is 259 g/mol. The average molecular weight is 259 g/mol. The van der Waals surface area contributed by atoms with Crippen molar-refractivity contribution in [2.24, 2.45) is 0 Å². The van der Waals surface area contributed by atoms with Gasteiger partial charge in [0, 0.05) is 31.4 Å². The first-order chi connectivity index (χ1) is 9.28. The van der Waals surface area contributed by atoms with Gasteiger partial charge in [0.15, 0.2) is 0 Å². The highest BCUT2D eigenvalue weighted by Crippen LogP contribution is 2.26. The first-order valence-corrected chi connectivity index (χ1v) is 6.96. The maximum absolute atomic E-state index is 13.7. The molecule has 1 aromatic rings. The van der Waals surface area contributed by atoms with E-state index in [1.807, 2.05) is 12.1 Å². The fourth-order valence-electron chi connectivity index (χ4n) is 3.18. The second-order valence-corrected chi connectivity index (χ2v) is 5.41. The van der Waals surface area contributed by atoms with Gasteiger partial charge in [0.1, 0.15) is 11.9 Å². The molecule has 0 bridgehead atoms. The molecule has 3 nitrogen and oxygen atoms in total. The van der Waals surface area contributed by atoms with E-state index in [1.165, 1.54) is 31.9 Å². The molecular formula is C15H18FN3. The Morgan fingerprint density at radius 1 is 1.21 bits per heavy atom. The van der Waals surface area contributed by atoms with E-state index < -0.39 is 5.82 Å². The summed E-state index contributed by atoms with van der Waals surface area (Å²) in [7, 11) is 0. The highest BCUT2D eigenvalue weighted by atomic mass is 19.1. The van der Waals surface area contributed by atoms with Crippen LogP contribution in [0.1, 0.15) is 24.8 Å². The molecule has 1 aromatic carbocycles. The molecule has 0 aliphatic carbocycles. The number of fused-ring (bicyclic) bond motifs is 1. The van der Waals surface area contributed by atoms with Crippen molar-refractivity contribution in [2.45, 2.75) is 25.3 Å². The predicted molar refractivity (Wildman–Crippen MR) is 72.5 cm³/mol. The Balaban J connectivity index is 1.76. The minimum absolute atomic E-state index is 0.125. The fourth-order valence-corrected chi connectivity index (χ4v) is 3.18. The summed E-state index contributed by atoms with van der Waals surface area (Å²) in [4.78, 5) is 4.80. The predicted octanol–water partition coefficient (Wildman–Crippen LogP) is 2.37. The van der Waals surface area contributed by atoms with E-state index in [9.17, 15) is 4.39 Å². The second-order valence-electron chi connectivity index (χ2n) is 5.41. The van der Waals surface area contributed by atoms with Crippen molar-refractivity contribution in [3.63, 3.8) is 0 Å². The first kappa shape index (κ1) is 12.4. The Labute approximate surface area is 113 Å². The van der Waals surface area contributed by atoms with Crippen molar-refractivity contribution in [3.05, 3.63) is 29.6 Å². The summed E-state index contributed by atoms with van der Waals surface area (Å²) >= 11 is 0. The van der Waals surface area contributed by atoms with Gasteiger partial charge in [-0.25, -0.2) is 4.39 Å². The van der Waals surface area contributed by atoms with Gasteiger partial charge in [0.05, 0.1) is 5.56 Å². The Bertz CT molecular complexity index is 509. The largest absolute Gasteiger partial charge is 0.369 e. The number of benzene rings is 1. The van der Waals surface area contributed by atoms with Crippen LogP contribution in [0.5, 0.6) is 0 Å². The number of hydrogen-bond donors (Lipinski definition) is 0. The molecule has 2 saturated heterocycles. The summed E-state index contributed by atoms with van der Waals surface area (Å²) in [5.74, 6) is -0.411. The normalized spacial score (nSPS) is 23.8. The molecule has 1 unspecified atom stereocenters. The summed E-state index contributed by atoms with van der Waals surface area (Å²) in [6.45, 7) is 4.19. The summed E-state index contributed by atoms with van der Waals surface area (Å²) in [5, 5.41) is 8.76. The quantitative estimate of drug-likeness (QED) is 0.775. The number of anilines is 1. The number of nitrogens with zero attached hydrogens (tertiary/aromatic N) is 3. The molecule has 0 N–H and O–H groups in total. The third-order valence-corrected chi connectivity index (χ3v) is 4.28. The van der Waals surface area contributed by atoms with Crippen molar-refractivity contribution < 1.29 is 4.39 Å². The van der Waals surface area contributed by atoms with Crippen LogP contribution in [-0.2, 0) is 0 Å². The van der Waals surface area contributed by atoms with Crippen LogP contribution in [0.4, 0.5) is 10.1 Å². The highest BCUT2D eigenvalue weighted by Gasteiger charge is 2.29. The molecule has 2 aliphatic heterocycles. The first-order valence-electron chi connectivity index (χ1n) is 6.96. The van der Waals surface area contributed by atoms with Gasteiger partial charge >= 0.3 is 0 Å². The molecule has 0 amide bonds. The van der Waals surface area contributed by atoms with Gasteiger partial charge < -0.3 is 4.90 Å².